The van der Waals surface area contributed by atoms with Gasteiger partial charge < -0.3 is 26.2 Å². The van der Waals surface area contributed by atoms with Crippen LogP contribution in [-0.4, -0.2) is 61.5 Å². The van der Waals surface area contributed by atoms with Gasteiger partial charge in [0.2, 0.25) is 5.78 Å². The Bertz CT molecular complexity index is 1580. The summed E-state index contributed by atoms with van der Waals surface area (Å²) in [7, 11) is 0. The lowest BCUT2D eigenvalue weighted by Crippen LogP contribution is -2.58. The zero-order chi connectivity index (χ0) is 29.2. The van der Waals surface area contributed by atoms with Crippen LogP contribution in [0.1, 0.15) is 47.1 Å². The molecule has 214 valence electrons. The van der Waals surface area contributed by atoms with Gasteiger partial charge in [-0.1, -0.05) is 35.9 Å². The molecule has 41 heavy (non-hydrogen) atoms. The van der Waals surface area contributed by atoms with Crippen molar-refractivity contribution in [3.63, 3.8) is 0 Å². The van der Waals surface area contributed by atoms with Crippen LogP contribution >= 0.6 is 11.6 Å². The van der Waals surface area contributed by atoms with Gasteiger partial charge in [0, 0.05) is 36.0 Å². The minimum atomic E-state index is -2.58. The van der Waals surface area contributed by atoms with Crippen molar-refractivity contribution in [3.8, 4) is 5.75 Å². The number of aliphatic hydroxyl groups is 3. The van der Waals surface area contributed by atoms with E-state index < -0.39 is 52.0 Å². The van der Waals surface area contributed by atoms with Crippen molar-refractivity contribution >= 4 is 34.8 Å². The van der Waals surface area contributed by atoms with Crippen LogP contribution in [0.5, 0.6) is 5.75 Å². The third-order valence-corrected chi connectivity index (χ3v) is 9.67. The second kappa shape index (κ2) is 10.0. The normalized spacial score (nSPS) is 26.5. The number of amides is 1. The number of hydrogen-bond acceptors (Lipinski definition) is 8. The lowest BCUT2D eigenvalue weighted by atomic mass is 9.59. The van der Waals surface area contributed by atoms with Crippen LogP contribution in [0.15, 0.2) is 47.2 Å². The number of aliphatic hydroxyl groups excluding tert-OH is 2. The van der Waals surface area contributed by atoms with E-state index in [1.54, 1.807) is 0 Å². The molecular weight excluding hydrogens is 548 g/mol. The highest BCUT2D eigenvalue weighted by Crippen LogP contribution is 2.53. The Morgan fingerprint density at radius 3 is 2.49 bits per heavy atom. The lowest BCUT2D eigenvalue weighted by molar-refractivity contribution is -0.147. The largest absolute Gasteiger partial charge is 0.508 e. The van der Waals surface area contributed by atoms with Crippen LogP contribution in [0.2, 0.25) is 5.02 Å². The summed E-state index contributed by atoms with van der Waals surface area (Å²) in [6, 6.07) is 9.93. The first-order valence-corrected chi connectivity index (χ1v) is 14.2. The monoisotopic (exact) mass is 578 g/mol. The summed E-state index contributed by atoms with van der Waals surface area (Å²) in [5.41, 5.74) is 5.56. The SMILES string of the molecule is NC(=O)C1=C(O)[C@@]2(O)C(=O)C3=C(O)c4c(O)cc(CN5CCCc6ccccc6CC5)c(Cl)c4C[C@H]3C[C@H]2CC1=O. The summed E-state index contributed by atoms with van der Waals surface area (Å²) in [4.78, 5) is 40.3. The number of carbonyl (C=O) groups is 3. The lowest BCUT2D eigenvalue weighted by Gasteiger charge is -2.46. The molecule has 10 heteroatoms. The number of rotatable bonds is 3. The Balaban J connectivity index is 1.34. The van der Waals surface area contributed by atoms with Crippen LogP contribution < -0.4 is 5.73 Å². The van der Waals surface area contributed by atoms with E-state index in [0.29, 0.717) is 22.7 Å². The van der Waals surface area contributed by atoms with Crippen LogP contribution in [0, 0.1) is 11.8 Å². The number of aromatic hydroxyl groups is 1. The van der Waals surface area contributed by atoms with E-state index in [4.69, 9.17) is 17.3 Å². The first-order valence-electron chi connectivity index (χ1n) is 13.8. The first-order chi connectivity index (χ1) is 19.5. The molecule has 3 atom stereocenters. The molecule has 9 nitrogen and oxygen atoms in total. The fourth-order valence-electron chi connectivity index (χ4n) is 7.17. The Morgan fingerprint density at radius 2 is 1.78 bits per heavy atom. The van der Waals surface area contributed by atoms with E-state index in [9.17, 15) is 34.8 Å². The summed E-state index contributed by atoms with van der Waals surface area (Å²) in [6.45, 7) is 2.16. The molecule has 0 spiro atoms. The molecule has 0 radical (unpaired) electrons. The summed E-state index contributed by atoms with van der Waals surface area (Å²) >= 11 is 6.91. The van der Waals surface area contributed by atoms with Crippen molar-refractivity contribution < 1.29 is 34.8 Å². The smallest absolute Gasteiger partial charge is 0.255 e. The highest BCUT2D eigenvalue weighted by atomic mass is 35.5. The third-order valence-electron chi connectivity index (χ3n) is 9.20. The fourth-order valence-corrected chi connectivity index (χ4v) is 7.45. The first kappa shape index (κ1) is 27.5. The predicted octanol–water partition coefficient (Wildman–Crippen LogP) is 3.07. The molecule has 1 amide bonds. The Kier molecular flexibility index (Phi) is 6.71. The van der Waals surface area contributed by atoms with E-state index in [-0.39, 0.29) is 36.1 Å². The van der Waals surface area contributed by atoms with E-state index in [2.05, 4.69) is 23.1 Å². The zero-order valence-corrected chi connectivity index (χ0v) is 23.1. The number of primary amides is 1. The van der Waals surface area contributed by atoms with Crippen molar-refractivity contribution in [1.82, 2.24) is 4.90 Å². The average molecular weight is 579 g/mol. The van der Waals surface area contributed by atoms with Crippen LogP contribution in [0.4, 0.5) is 0 Å². The summed E-state index contributed by atoms with van der Waals surface area (Å²) < 4.78 is 0. The van der Waals surface area contributed by atoms with E-state index in [1.165, 1.54) is 17.2 Å². The predicted molar refractivity (Wildman–Crippen MR) is 150 cm³/mol. The number of fused-ring (bicyclic) bond motifs is 4. The average Bonchev–Trinajstić information content (AvgIpc) is 2.90. The third kappa shape index (κ3) is 4.26. The van der Waals surface area contributed by atoms with E-state index in [0.717, 1.165) is 32.4 Å². The van der Waals surface area contributed by atoms with Gasteiger partial charge in [-0.25, -0.2) is 0 Å². The molecule has 0 aromatic heterocycles. The van der Waals surface area contributed by atoms with Gasteiger partial charge in [-0.3, -0.25) is 19.3 Å². The highest BCUT2D eigenvalue weighted by Gasteiger charge is 2.60. The molecule has 3 aliphatic carbocycles. The maximum absolute atomic E-state index is 13.6. The second-order valence-corrected chi connectivity index (χ2v) is 11.9. The molecule has 2 aromatic carbocycles. The maximum atomic E-state index is 13.6. The molecule has 4 aliphatic rings. The van der Waals surface area contributed by atoms with Gasteiger partial charge in [0.15, 0.2) is 11.4 Å². The number of benzene rings is 2. The molecule has 1 saturated carbocycles. The molecule has 1 fully saturated rings. The quantitative estimate of drug-likeness (QED) is 0.347. The van der Waals surface area contributed by atoms with Crippen molar-refractivity contribution in [3.05, 3.63) is 80.1 Å². The summed E-state index contributed by atoms with van der Waals surface area (Å²) in [5.74, 6) is -6.54. The van der Waals surface area contributed by atoms with Crippen LogP contribution in [0.25, 0.3) is 5.76 Å². The minimum Gasteiger partial charge on any atom is -0.508 e. The van der Waals surface area contributed by atoms with Crippen LogP contribution in [-0.2, 0) is 40.2 Å². The van der Waals surface area contributed by atoms with Gasteiger partial charge in [-0.05, 0) is 72.9 Å². The zero-order valence-electron chi connectivity index (χ0n) is 22.3. The number of hydrogen-bond donors (Lipinski definition) is 5. The Labute approximate surface area is 241 Å². The maximum Gasteiger partial charge on any atom is 0.255 e. The van der Waals surface area contributed by atoms with Gasteiger partial charge in [-0.15, -0.1) is 0 Å². The van der Waals surface area contributed by atoms with Gasteiger partial charge in [0.25, 0.3) is 5.91 Å². The molecule has 0 bridgehead atoms. The highest BCUT2D eigenvalue weighted by molar-refractivity contribution is 6.32. The van der Waals surface area contributed by atoms with E-state index >= 15 is 0 Å². The molecule has 6 N–H and O–H groups in total. The Morgan fingerprint density at radius 1 is 1.07 bits per heavy atom. The minimum absolute atomic E-state index is 0.00692. The fraction of sp³-hybridized carbons (Fsp3) is 0.387. The summed E-state index contributed by atoms with van der Waals surface area (Å²) in [6.07, 6.45) is 2.74. The van der Waals surface area contributed by atoms with Crippen molar-refractivity contribution in [1.29, 1.82) is 0 Å². The van der Waals surface area contributed by atoms with E-state index in [1.807, 2.05) is 6.07 Å². The van der Waals surface area contributed by atoms with Crippen molar-refractivity contribution in [2.24, 2.45) is 17.6 Å². The van der Waals surface area contributed by atoms with Crippen LogP contribution in [0.3, 0.4) is 0 Å². The Hall–Kier alpha value is -3.66. The number of aryl methyl sites for hydroxylation is 1. The number of halogens is 1. The number of nitrogens with zero attached hydrogens (tertiary/aromatic N) is 1. The van der Waals surface area contributed by atoms with Gasteiger partial charge >= 0.3 is 0 Å². The number of phenolic OH excluding ortho intramolecular Hbond substituents is 1. The molecule has 6 rings (SSSR count). The molecule has 2 aromatic rings. The van der Waals surface area contributed by atoms with Gasteiger partial charge in [-0.2, -0.15) is 0 Å². The summed E-state index contributed by atoms with van der Waals surface area (Å²) in [5, 5.41) is 44.8. The molecule has 0 saturated heterocycles. The number of carbonyl (C=O) groups excluding carboxylic acids is 3. The second-order valence-electron chi connectivity index (χ2n) is 11.5. The van der Waals surface area contributed by atoms with Crippen molar-refractivity contribution in [2.75, 3.05) is 13.1 Å². The molecule has 1 heterocycles. The number of Topliss-reactive ketones (excluding diaryl/α,β-unsaturated/α-hetero) is 2. The number of ketones is 2. The number of phenols is 1. The van der Waals surface area contributed by atoms with Gasteiger partial charge in [0.05, 0.1) is 5.56 Å². The standard InChI is InChI=1S/C31H31ClN2O7/c32-26-18(14-34-8-3-6-15-4-1-2-5-16(15)7-9-34)12-21(35)24-20(26)11-17-10-19-13-22(36)25(30(33)40)29(39)31(19,41)28(38)23(17)27(24)37/h1-2,4-5,12,17,19,35,37,39,41H,3,6-11,13-14H2,(H2,33,40)/t17-,19+,31+/m1/s1. The molecule has 1 aliphatic heterocycles. The molecule has 0 unspecified atom stereocenters. The topological polar surface area (TPSA) is 161 Å². The van der Waals surface area contributed by atoms with Crippen molar-refractivity contribution in [2.45, 2.75) is 50.7 Å². The number of nitrogens with two attached hydrogens (primary N) is 1. The van der Waals surface area contributed by atoms with Gasteiger partial charge in [0.1, 0.15) is 22.8 Å². The molecular formula is C31H31ClN2O7.